The molecule has 0 saturated heterocycles. The van der Waals surface area contributed by atoms with Crippen LogP contribution < -0.4 is 0 Å². The van der Waals surface area contributed by atoms with Crippen LogP contribution in [0.1, 0.15) is 27.2 Å². The van der Waals surface area contributed by atoms with Gasteiger partial charge in [0.25, 0.3) is 0 Å². The Kier molecular flexibility index (Phi) is 4.76. The third-order valence-corrected chi connectivity index (χ3v) is 1.86. The van der Waals surface area contributed by atoms with Crippen molar-refractivity contribution in [2.24, 2.45) is 11.8 Å². The lowest BCUT2D eigenvalue weighted by Crippen LogP contribution is -2.03. The molecule has 0 aliphatic carbocycles. The smallest absolute Gasteiger partial charge is 0.0200 e. The van der Waals surface area contributed by atoms with Crippen molar-refractivity contribution in [2.45, 2.75) is 27.2 Å². The monoisotopic (exact) mass is 136 g/mol. The summed E-state index contributed by atoms with van der Waals surface area (Å²) in [5.74, 6) is 3.75. The molecule has 0 heterocycles. The zero-order valence-electron chi connectivity index (χ0n) is 7.09. The largest absolute Gasteiger partial charge is 0.120 e. The minimum absolute atomic E-state index is 0.399. The number of hydrogen-bond acceptors (Lipinski definition) is 0. The van der Waals surface area contributed by atoms with Gasteiger partial charge in [0.05, 0.1) is 0 Å². The predicted molar refractivity (Wildman–Crippen MR) is 46.6 cm³/mol. The molecular formula is C10H16. The van der Waals surface area contributed by atoms with E-state index in [1.165, 1.54) is 0 Å². The maximum atomic E-state index is 5.27. The molecule has 2 atom stereocenters. The van der Waals surface area contributed by atoms with Crippen molar-refractivity contribution >= 4 is 0 Å². The lowest BCUT2D eigenvalue weighted by molar-refractivity contribution is 0.479. The van der Waals surface area contributed by atoms with E-state index in [9.17, 15) is 0 Å². The zero-order chi connectivity index (χ0) is 7.98. The molecule has 0 aliphatic rings. The molecule has 0 aromatic carbocycles. The molecule has 0 rings (SSSR count). The molecule has 0 spiro atoms. The van der Waals surface area contributed by atoms with Crippen LogP contribution in [0.15, 0.2) is 12.2 Å². The van der Waals surface area contributed by atoms with Crippen molar-refractivity contribution in [3.63, 3.8) is 0 Å². The van der Waals surface area contributed by atoms with Gasteiger partial charge in [0.2, 0.25) is 0 Å². The van der Waals surface area contributed by atoms with Crippen LogP contribution in [0.3, 0.4) is 0 Å². The molecule has 56 valence electrons. The molecule has 0 amide bonds. The first kappa shape index (κ1) is 9.30. The molecule has 0 radical (unpaired) electrons. The van der Waals surface area contributed by atoms with E-state index in [2.05, 4.69) is 31.9 Å². The van der Waals surface area contributed by atoms with Gasteiger partial charge in [-0.1, -0.05) is 26.0 Å². The molecule has 0 N–H and O–H groups in total. The van der Waals surface area contributed by atoms with Crippen LogP contribution in [0.2, 0.25) is 0 Å². The maximum Gasteiger partial charge on any atom is 0.0200 e. The van der Waals surface area contributed by atoms with Crippen molar-refractivity contribution in [3.8, 4) is 12.3 Å². The third kappa shape index (κ3) is 3.35. The van der Waals surface area contributed by atoms with Gasteiger partial charge in [-0.2, -0.15) is 0 Å². The summed E-state index contributed by atoms with van der Waals surface area (Å²) in [5.41, 5.74) is 0. The topological polar surface area (TPSA) is 0 Å². The lowest BCUT2D eigenvalue weighted by atomic mass is 9.94. The Bertz CT molecular complexity index is 137. The van der Waals surface area contributed by atoms with Gasteiger partial charge in [-0.3, -0.25) is 0 Å². The normalized spacial score (nSPS) is 16.6. The Morgan fingerprint density at radius 2 is 2.10 bits per heavy atom. The summed E-state index contributed by atoms with van der Waals surface area (Å²) >= 11 is 0. The molecule has 0 heteroatoms. The summed E-state index contributed by atoms with van der Waals surface area (Å²) in [7, 11) is 0. The van der Waals surface area contributed by atoms with E-state index in [-0.39, 0.29) is 0 Å². The van der Waals surface area contributed by atoms with Crippen molar-refractivity contribution in [1.82, 2.24) is 0 Å². The van der Waals surface area contributed by atoms with Gasteiger partial charge in [0, 0.05) is 5.92 Å². The summed E-state index contributed by atoms with van der Waals surface area (Å²) in [4.78, 5) is 0. The molecule has 0 aromatic heterocycles. The van der Waals surface area contributed by atoms with Crippen LogP contribution in [-0.4, -0.2) is 0 Å². The van der Waals surface area contributed by atoms with E-state index < -0.39 is 0 Å². The summed E-state index contributed by atoms with van der Waals surface area (Å²) < 4.78 is 0. The second-order valence-corrected chi connectivity index (χ2v) is 2.74. The number of hydrogen-bond donors (Lipinski definition) is 0. The molecule has 0 aromatic rings. The van der Waals surface area contributed by atoms with E-state index in [1.807, 2.05) is 6.92 Å². The van der Waals surface area contributed by atoms with Crippen LogP contribution in [-0.2, 0) is 0 Å². The molecule has 0 nitrogen and oxygen atoms in total. The van der Waals surface area contributed by atoms with Gasteiger partial charge >= 0.3 is 0 Å². The first-order valence-corrected chi connectivity index (χ1v) is 3.79. The van der Waals surface area contributed by atoms with Crippen molar-refractivity contribution in [3.05, 3.63) is 12.2 Å². The Balaban J connectivity index is 3.64. The number of allylic oxidation sites excluding steroid dienone is 2. The van der Waals surface area contributed by atoms with Gasteiger partial charge in [0.1, 0.15) is 0 Å². The van der Waals surface area contributed by atoms with Crippen molar-refractivity contribution < 1.29 is 0 Å². The fourth-order valence-corrected chi connectivity index (χ4v) is 0.719. The minimum atomic E-state index is 0.399. The van der Waals surface area contributed by atoms with Gasteiger partial charge < -0.3 is 0 Å². The highest BCUT2D eigenvalue weighted by Gasteiger charge is 2.05. The lowest BCUT2D eigenvalue weighted by Gasteiger charge is -2.10. The quantitative estimate of drug-likeness (QED) is 0.413. The Hall–Kier alpha value is -0.700. The van der Waals surface area contributed by atoms with Crippen molar-refractivity contribution in [1.29, 1.82) is 0 Å². The third-order valence-electron chi connectivity index (χ3n) is 1.86. The van der Waals surface area contributed by atoms with Crippen LogP contribution in [0.4, 0.5) is 0 Å². The standard InChI is InChI=1S/C10H16/c1-5-7-8-10(4)9(3)6-2/h2,5,7,9-10H,8H2,1,3-4H3. The van der Waals surface area contributed by atoms with Crippen LogP contribution >= 0.6 is 0 Å². The van der Waals surface area contributed by atoms with Crippen LogP contribution in [0.5, 0.6) is 0 Å². The van der Waals surface area contributed by atoms with Gasteiger partial charge in [-0.15, -0.1) is 12.3 Å². The second-order valence-electron chi connectivity index (χ2n) is 2.74. The molecule has 2 unspecified atom stereocenters. The van der Waals surface area contributed by atoms with E-state index in [1.54, 1.807) is 0 Å². The van der Waals surface area contributed by atoms with E-state index in [0.717, 1.165) is 6.42 Å². The fraction of sp³-hybridized carbons (Fsp3) is 0.600. The Labute approximate surface area is 64.3 Å². The van der Waals surface area contributed by atoms with Crippen molar-refractivity contribution in [2.75, 3.05) is 0 Å². The first-order valence-electron chi connectivity index (χ1n) is 3.79. The van der Waals surface area contributed by atoms with E-state index in [0.29, 0.717) is 11.8 Å². The van der Waals surface area contributed by atoms with Gasteiger partial charge in [-0.25, -0.2) is 0 Å². The highest BCUT2D eigenvalue weighted by molar-refractivity contribution is 4.94. The fourth-order valence-electron chi connectivity index (χ4n) is 0.719. The highest BCUT2D eigenvalue weighted by atomic mass is 14.1. The Morgan fingerprint density at radius 1 is 1.50 bits per heavy atom. The van der Waals surface area contributed by atoms with Gasteiger partial charge in [0.15, 0.2) is 0 Å². The second kappa shape index (κ2) is 5.11. The molecule has 0 fully saturated rings. The van der Waals surface area contributed by atoms with E-state index in [4.69, 9.17) is 6.42 Å². The highest BCUT2D eigenvalue weighted by Crippen LogP contribution is 2.13. The molecule has 10 heavy (non-hydrogen) atoms. The number of rotatable bonds is 3. The molecule has 0 bridgehead atoms. The first-order chi connectivity index (χ1) is 4.72. The summed E-state index contributed by atoms with van der Waals surface area (Å²) in [6.07, 6.45) is 10.6. The number of terminal acetylenes is 1. The summed E-state index contributed by atoms with van der Waals surface area (Å²) in [6, 6.07) is 0. The molecule has 0 aliphatic heterocycles. The van der Waals surface area contributed by atoms with E-state index >= 15 is 0 Å². The average Bonchev–Trinajstić information content (AvgIpc) is 1.98. The average molecular weight is 136 g/mol. The zero-order valence-corrected chi connectivity index (χ0v) is 7.09. The van der Waals surface area contributed by atoms with Crippen LogP contribution in [0, 0.1) is 24.2 Å². The van der Waals surface area contributed by atoms with Crippen LogP contribution in [0.25, 0.3) is 0 Å². The maximum absolute atomic E-state index is 5.27. The predicted octanol–water partition coefficient (Wildman–Crippen LogP) is 2.86. The SMILES string of the molecule is C#CC(C)C(C)CC=CC. The molecule has 0 saturated carbocycles. The summed E-state index contributed by atoms with van der Waals surface area (Å²) in [6.45, 7) is 6.31. The summed E-state index contributed by atoms with van der Waals surface area (Å²) in [5, 5.41) is 0. The Morgan fingerprint density at radius 3 is 2.50 bits per heavy atom. The minimum Gasteiger partial charge on any atom is -0.120 e. The molecular weight excluding hydrogens is 120 g/mol. The van der Waals surface area contributed by atoms with Gasteiger partial charge in [-0.05, 0) is 19.3 Å².